The molecular formula is C7H9N. The van der Waals surface area contributed by atoms with Gasteiger partial charge in [0.05, 0.1) is 0 Å². The van der Waals surface area contributed by atoms with Crippen molar-refractivity contribution in [2.75, 3.05) is 7.05 Å². The van der Waals surface area contributed by atoms with Gasteiger partial charge in [-0.3, -0.25) is 0 Å². The van der Waals surface area contributed by atoms with Gasteiger partial charge in [0.15, 0.2) is 0 Å². The van der Waals surface area contributed by atoms with Gasteiger partial charge >= 0.3 is 0 Å². The van der Waals surface area contributed by atoms with Crippen molar-refractivity contribution in [1.29, 1.82) is 0 Å². The summed E-state index contributed by atoms with van der Waals surface area (Å²) >= 11 is 0. The zero-order chi connectivity index (χ0) is 6.24. The molecule has 8 heavy (non-hydrogen) atoms. The lowest BCUT2D eigenvalue weighted by atomic mass is 10.5. The fourth-order valence-corrected chi connectivity index (χ4v) is 0.256. The maximum Gasteiger partial charge on any atom is 0.0372 e. The SMILES string of the molecule is CC=C=CC=C=NC. The maximum absolute atomic E-state index is 3.62. The molecule has 0 aliphatic carbocycles. The van der Waals surface area contributed by atoms with E-state index in [0.717, 1.165) is 0 Å². The lowest BCUT2D eigenvalue weighted by Crippen LogP contribution is -1.48. The third-order valence-corrected chi connectivity index (χ3v) is 0.550. The maximum atomic E-state index is 3.62. The van der Waals surface area contributed by atoms with Crippen LogP contribution in [0.15, 0.2) is 29.0 Å². The molecule has 0 bridgehead atoms. The number of rotatable bonds is 1. The number of hydrogen-bond acceptors (Lipinski definition) is 1. The van der Waals surface area contributed by atoms with Crippen molar-refractivity contribution in [3.8, 4) is 0 Å². The molecule has 0 aromatic rings. The zero-order valence-corrected chi connectivity index (χ0v) is 5.18. The van der Waals surface area contributed by atoms with Crippen LogP contribution < -0.4 is 0 Å². The summed E-state index contributed by atoms with van der Waals surface area (Å²) < 4.78 is 0. The summed E-state index contributed by atoms with van der Waals surface area (Å²) in [5.74, 6) is 2.64. The lowest BCUT2D eigenvalue weighted by Gasteiger charge is -1.58. The molecule has 1 heteroatoms. The Labute approximate surface area is 49.8 Å². The van der Waals surface area contributed by atoms with Gasteiger partial charge in [0.2, 0.25) is 0 Å². The first-order valence-electron chi connectivity index (χ1n) is 2.45. The number of hydrogen-bond donors (Lipinski definition) is 0. The van der Waals surface area contributed by atoms with E-state index in [-0.39, 0.29) is 0 Å². The van der Waals surface area contributed by atoms with Crippen LogP contribution in [0.2, 0.25) is 0 Å². The summed E-state index contributed by atoms with van der Waals surface area (Å²) in [7, 11) is 1.68. The van der Waals surface area contributed by atoms with Crippen molar-refractivity contribution in [2.45, 2.75) is 6.92 Å². The number of nitrogens with zero attached hydrogens (tertiary/aromatic N) is 1. The van der Waals surface area contributed by atoms with E-state index < -0.39 is 0 Å². The van der Waals surface area contributed by atoms with Gasteiger partial charge in [-0.15, -0.1) is 5.73 Å². The van der Waals surface area contributed by atoms with Gasteiger partial charge in [0, 0.05) is 13.1 Å². The molecule has 0 heterocycles. The number of aliphatic imine (C=N–C) groups is 1. The fourth-order valence-electron chi connectivity index (χ4n) is 0.256. The molecule has 0 aromatic heterocycles. The topological polar surface area (TPSA) is 12.4 Å². The molecule has 0 atom stereocenters. The Hall–Kier alpha value is -1.03. The molecule has 1 nitrogen and oxygen atoms in total. The summed E-state index contributed by atoms with van der Waals surface area (Å²) in [6, 6.07) is 0. The predicted octanol–water partition coefficient (Wildman–Crippen LogP) is 1.57. The van der Waals surface area contributed by atoms with E-state index in [2.05, 4.69) is 16.6 Å². The highest BCUT2D eigenvalue weighted by Gasteiger charge is 1.49. The van der Waals surface area contributed by atoms with Crippen LogP contribution in [0.25, 0.3) is 0 Å². The zero-order valence-electron chi connectivity index (χ0n) is 5.18. The molecule has 0 fully saturated rings. The Morgan fingerprint density at radius 3 is 2.62 bits per heavy atom. The molecule has 0 amide bonds. The van der Waals surface area contributed by atoms with Crippen molar-refractivity contribution >= 4 is 5.87 Å². The van der Waals surface area contributed by atoms with Crippen LogP contribution in [0.3, 0.4) is 0 Å². The third-order valence-electron chi connectivity index (χ3n) is 0.550. The minimum atomic E-state index is 1.68. The van der Waals surface area contributed by atoms with Crippen LogP contribution in [0.5, 0.6) is 0 Å². The van der Waals surface area contributed by atoms with Crippen molar-refractivity contribution in [3.63, 3.8) is 0 Å². The quantitative estimate of drug-likeness (QED) is 0.274. The average Bonchev–Trinajstić information content (AvgIpc) is 1.81. The predicted molar refractivity (Wildman–Crippen MR) is 36.3 cm³/mol. The van der Waals surface area contributed by atoms with Gasteiger partial charge in [-0.1, -0.05) is 0 Å². The Balaban J connectivity index is 3.77. The summed E-state index contributed by atoms with van der Waals surface area (Å²) in [4.78, 5) is 3.62. The summed E-state index contributed by atoms with van der Waals surface area (Å²) in [5.41, 5.74) is 2.86. The summed E-state index contributed by atoms with van der Waals surface area (Å²) in [6.45, 7) is 1.91. The standard InChI is InChI=1S/C7H9N/c1-3-4-5-6-7-8-2/h3,5-6H,1-2H3. The van der Waals surface area contributed by atoms with Crippen LogP contribution in [-0.4, -0.2) is 12.9 Å². The molecule has 0 N–H and O–H groups in total. The van der Waals surface area contributed by atoms with Crippen LogP contribution in [0, 0.1) is 0 Å². The first-order chi connectivity index (χ1) is 3.91. The molecule has 0 saturated carbocycles. The molecule has 42 valence electrons. The molecule has 0 unspecified atom stereocenters. The molecule has 0 aromatic carbocycles. The van der Waals surface area contributed by atoms with Gasteiger partial charge < -0.3 is 0 Å². The first-order valence-corrected chi connectivity index (χ1v) is 2.45. The third kappa shape index (κ3) is 4.97. The molecule has 0 saturated heterocycles. The highest BCUT2D eigenvalue weighted by atomic mass is 14.6. The van der Waals surface area contributed by atoms with E-state index in [1.165, 1.54) is 0 Å². The van der Waals surface area contributed by atoms with E-state index in [1.54, 1.807) is 19.2 Å². The molecule has 0 aliphatic heterocycles. The Morgan fingerprint density at radius 1 is 1.38 bits per heavy atom. The van der Waals surface area contributed by atoms with Crippen molar-refractivity contribution in [3.05, 3.63) is 24.0 Å². The van der Waals surface area contributed by atoms with E-state index in [0.29, 0.717) is 0 Å². The summed E-state index contributed by atoms with van der Waals surface area (Å²) in [5, 5.41) is 0. The lowest BCUT2D eigenvalue weighted by molar-refractivity contribution is 1.48. The van der Waals surface area contributed by atoms with Gasteiger partial charge in [-0.2, -0.15) is 0 Å². The number of allylic oxidation sites excluding steroid dienone is 2. The van der Waals surface area contributed by atoms with Crippen LogP contribution in [-0.2, 0) is 0 Å². The van der Waals surface area contributed by atoms with Gasteiger partial charge in [0.1, 0.15) is 0 Å². The smallest absolute Gasteiger partial charge is 0.0372 e. The minimum absolute atomic E-state index is 1.68. The molecule has 0 radical (unpaired) electrons. The van der Waals surface area contributed by atoms with Gasteiger partial charge in [0.25, 0.3) is 0 Å². The van der Waals surface area contributed by atoms with Crippen LogP contribution >= 0.6 is 0 Å². The van der Waals surface area contributed by atoms with E-state index >= 15 is 0 Å². The second-order valence-corrected chi connectivity index (χ2v) is 1.14. The van der Waals surface area contributed by atoms with Crippen molar-refractivity contribution in [2.24, 2.45) is 4.99 Å². The van der Waals surface area contributed by atoms with E-state index in [9.17, 15) is 0 Å². The monoisotopic (exact) mass is 107 g/mol. The van der Waals surface area contributed by atoms with Crippen LogP contribution in [0.4, 0.5) is 0 Å². The second-order valence-electron chi connectivity index (χ2n) is 1.14. The summed E-state index contributed by atoms with van der Waals surface area (Å²) in [6.07, 6.45) is 5.29. The normalized spacial score (nSPS) is 5.75. The van der Waals surface area contributed by atoms with E-state index in [1.807, 2.05) is 13.0 Å². The van der Waals surface area contributed by atoms with Crippen LogP contribution in [0.1, 0.15) is 6.92 Å². The van der Waals surface area contributed by atoms with Crippen molar-refractivity contribution in [1.82, 2.24) is 0 Å². The highest BCUT2D eigenvalue weighted by Crippen LogP contribution is 1.64. The molecule has 0 aliphatic rings. The highest BCUT2D eigenvalue weighted by molar-refractivity contribution is 5.54. The minimum Gasteiger partial charge on any atom is -0.246 e. The van der Waals surface area contributed by atoms with Gasteiger partial charge in [-0.25, -0.2) is 4.99 Å². The molecule has 0 rings (SSSR count). The van der Waals surface area contributed by atoms with Crippen molar-refractivity contribution < 1.29 is 0 Å². The Morgan fingerprint density at radius 2 is 2.12 bits per heavy atom. The largest absolute Gasteiger partial charge is 0.246 e. The second kappa shape index (κ2) is 5.97. The van der Waals surface area contributed by atoms with Gasteiger partial charge in [-0.05, 0) is 24.9 Å². The average molecular weight is 107 g/mol. The Bertz CT molecular complexity index is 133. The van der Waals surface area contributed by atoms with E-state index in [4.69, 9.17) is 0 Å². The fraction of sp³-hybridized carbons (Fsp3) is 0.286. The molecule has 0 spiro atoms. The first kappa shape index (κ1) is 6.97. The molecular weight excluding hydrogens is 98.1 g/mol. The Kier molecular flexibility index (Phi) is 5.20.